The van der Waals surface area contributed by atoms with Crippen LogP contribution in [0, 0.1) is 5.82 Å². The molecule has 0 atom stereocenters. The van der Waals surface area contributed by atoms with Crippen LogP contribution in [0.25, 0.3) is 0 Å². The third-order valence-corrected chi connectivity index (χ3v) is 3.14. The van der Waals surface area contributed by atoms with Gasteiger partial charge in [0, 0.05) is 21.9 Å². The Bertz CT molecular complexity index is 676. The van der Waals surface area contributed by atoms with Crippen LogP contribution < -0.4 is 11.1 Å². The third kappa shape index (κ3) is 3.37. The first-order chi connectivity index (χ1) is 9.47. The van der Waals surface area contributed by atoms with Crippen LogP contribution in [0.3, 0.4) is 0 Å². The number of anilines is 1. The number of hydrogen-bond donors (Lipinski definition) is 2. The molecule has 102 valence electrons. The molecule has 0 fully saturated rings. The van der Waals surface area contributed by atoms with Crippen molar-refractivity contribution >= 4 is 44.7 Å². The second-order valence-corrected chi connectivity index (χ2v) is 5.23. The molecule has 3 N–H and O–H groups in total. The largest absolute Gasteiger partial charge is 0.389 e. The van der Waals surface area contributed by atoms with Gasteiger partial charge in [0.25, 0.3) is 5.91 Å². The minimum atomic E-state index is -0.530. The fraction of sp³-hybridized carbons (Fsp3) is 0. The highest BCUT2D eigenvalue weighted by Crippen LogP contribution is 2.16. The van der Waals surface area contributed by atoms with Gasteiger partial charge in [0.2, 0.25) is 0 Å². The highest BCUT2D eigenvalue weighted by Gasteiger charge is 2.10. The van der Waals surface area contributed by atoms with Crippen molar-refractivity contribution in [1.82, 2.24) is 4.98 Å². The van der Waals surface area contributed by atoms with E-state index >= 15 is 0 Å². The molecule has 0 unspecified atom stereocenters. The molecule has 1 amide bonds. The normalized spacial score (nSPS) is 10.1. The molecule has 1 aromatic carbocycles. The second kappa shape index (κ2) is 6.06. The Labute approximate surface area is 128 Å². The molecule has 1 aromatic heterocycles. The number of carbonyl (C=O) groups is 1. The lowest BCUT2D eigenvalue weighted by molar-refractivity contribution is 0.102. The van der Waals surface area contributed by atoms with Gasteiger partial charge < -0.3 is 11.1 Å². The van der Waals surface area contributed by atoms with Crippen LogP contribution in [-0.4, -0.2) is 15.9 Å². The van der Waals surface area contributed by atoms with Crippen LogP contribution in [0.4, 0.5) is 10.1 Å². The monoisotopic (exact) mass is 353 g/mol. The number of nitrogens with one attached hydrogen (secondary N) is 1. The standard InChI is InChI=1S/C13H9BrFN3OS/c14-7-1-4-11(17-6-7)13(19)18-8-2-3-10(15)9(5-8)12(16)20/h1-6H,(H2,16,20)(H,18,19). The number of hydrogen-bond acceptors (Lipinski definition) is 3. The average molecular weight is 354 g/mol. The maximum atomic E-state index is 13.4. The predicted molar refractivity (Wildman–Crippen MR) is 82.2 cm³/mol. The van der Waals surface area contributed by atoms with Crippen LogP contribution in [0.2, 0.25) is 0 Å². The lowest BCUT2D eigenvalue weighted by Crippen LogP contribution is -2.16. The molecule has 0 saturated heterocycles. The number of halogens is 2. The Morgan fingerprint density at radius 2 is 2.10 bits per heavy atom. The number of benzene rings is 1. The van der Waals surface area contributed by atoms with Gasteiger partial charge in [-0.2, -0.15) is 0 Å². The van der Waals surface area contributed by atoms with Crippen molar-refractivity contribution in [3.8, 4) is 0 Å². The van der Waals surface area contributed by atoms with E-state index < -0.39 is 11.7 Å². The number of rotatable bonds is 3. The topological polar surface area (TPSA) is 68.0 Å². The van der Waals surface area contributed by atoms with Crippen molar-refractivity contribution in [2.75, 3.05) is 5.32 Å². The summed E-state index contributed by atoms with van der Waals surface area (Å²) in [5, 5.41) is 2.60. The van der Waals surface area contributed by atoms with Gasteiger partial charge in [-0.05, 0) is 46.3 Å². The van der Waals surface area contributed by atoms with E-state index in [0.717, 1.165) is 4.47 Å². The number of nitrogens with two attached hydrogens (primary N) is 1. The summed E-state index contributed by atoms with van der Waals surface area (Å²) in [7, 11) is 0. The minimum Gasteiger partial charge on any atom is -0.389 e. The summed E-state index contributed by atoms with van der Waals surface area (Å²) in [5.41, 5.74) is 6.13. The second-order valence-electron chi connectivity index (χ2n) is 3.87. The summed E-state index contributed by atoms with van der Waals surface area (Å²) in [5.74, 6) is -0.935. The summed E-state index contributed by atoms with van der Waals surface area (Å²) < 4.78 is 14.2. The van der Waals surface area contributed by atoms with Crippen molar-refractivity contribution in [2.24, 2.45) is 5.73 Å². The Morgan fingerprint density at radius 3 is 2.70 bits per heavy atom. The molecule has 2 rings (SSSR count). The van der Waals surface area contributed by atoms with E-state index in [-0.39, 0.29) is 16.2 Å². The van der Waals surface area contributed by atoms with E-state index in [2.05, 4.69) is 26.2 Å². The van der Waals surface area contributed by atoms with Gasteiger partial charge in [-0.3, -0.25) is 4.79 Å². The van der Waals surface area contributed by atoms with E-state index in [9.17, 15) is 9.18 Å². The molecule has 1 heterocycles. The van der Waals surface area contributed by atoms with Crippen molar-refractivity contribution in [2.45, 2.75) is 0 Å². The quantitative estimate of drug-likeness (QED) is 0.832. The fourth-order valence-corrected chi connectivity index (χ4v) is 1.89. The van der Waals surface area contributed by atoms with Gasteiger partial charge in [0.05, 0.1) is 0 Å². The van der Waals surface area contributed by atoms with Gasteiger partial charge in [-0.25, -0.2) is 9.37 Å². The number of carbonyl (C=O) groups excluding carboxylic acids is 1. The fourth-order valence-electron chi connectivity index (χ4n) is 1.50. The maximum absolute atomic E-state index is 13.4. The zero-order valence-corrected chi connectivity index (χ0v) is 12.5. The smallest absolute Gasteiger partial charge is 0.274 e. The number of aromatic nitrogens is 1. The molecule has 0 saturated carbocycles. The van der Waals surface area contributed by atoms with Gasteiger partial charge >= 0.3 is 0 Å². The molecule has 0 spiro atoms. The highest BCUT2D eigenvalue weighted by atomic mass is 79.9. The van der Waals surface area contributed by atoms with E-state index in [0.29, 0.717) is 5.69 Å². The van der Waals surface area contributed by atoms with Crippen LogP contribution >= 0.6 is 28.1 Å². The van der Waals surface area contributed by atoms with Crippen LogP contribution in [-0.2, 0) is 0 Å². The van der Waals surface area contributed by atoms with E-state index in [1.54, 1.807) is 12.1 Å². The first-order valence-electron chi connectivity index (χ1n) is 5.49. The van der Waals surface area contributed by atoms with E-state index in [1.807, 2.05) is 0 Å². The molecule has 4 nitrogen and oxygen atoms in total. The third-order valence-electron chi connectivity index (χ3n) is 2.45. The zero-order chi connectivity index (χ0) is 14.7. The molecular weight excluding hydrogens is 345 g/mol. The molecule has 0 bridgehead atoms. The SMILES string of the molecule is NC(=S)c1cc(NC(=O)c2ccc(Br)cn2)ccc1F. The Morgan fingerprint density at radius 1 is 1.35 bits per heavy atom. The molecule has 0 aliphatic heterocycles. The lowest BCUT2D eigenvalue weighted by atomic mass is 10.2. The summed E-state index contributed by atoms with van der Waals surface area (Å²) in [6.45, 7) is 0. The Balaban J connectivity index is 2.21. The first-order valence-corrected chi connectivity index (χ1v) is 6.70. The molecule has 0 aliphatic carbocycles. The van der Waals surface area contributed by atoms with Crippen molar-refractivity contribution in [3.63, 3.8) is 0 Å². The predicted octanol–water partition coefficient (Wildman–Crippen LogP) is 2.87. The number of amides is 1. The average Bonchev–Trinajstić information content (AvgIpc) is 2.41. The molecule has 7 heteroatoms. The Kier molecular flexibility index (Phi) is 4.41. The number of thiocarbonyl (C=S) groups is 1. The minimum absolute atomic E-state index is 0.0691. The summed E-state index contributed by atoms with van der Waals surface area (Å²) in [6, 6.07) is 7.27. The van der Waals surface area contributed by atoms with Crippen LogP contribution in [0.15, 0.2) is 41.0 Å². The summed E-state index contributed by atoms with van der Waals surface area (Å²) in [6.07, 6.45) is 1.51. The van der Waals surface area contributed by atoms with Crippen molar-refractivity contribution in [1.29, 1.82) is 0 Å². The van der Waals surface area contributed by atoms with Gasteiger partial charge in [0.15, 0.2) is 0 Å². The van der Waals surface area contributed by atoms with Gasteiger partial charge in [0.1, 0.15) is 16.5 Å². The molecule has 20 heavy (non-hydrogen) atoms. The summed E-state index contributed by atoms with van der Waals surface area (Å²) >= 11 is 7.97. The number of nitrogens with zero attached hydrogens (tertiary/aromatic N) is 1. The summed E-state index contributed by atoms with van der Waals surface area (Å²) in [4.78, 5) is 15.8. The molecule has 2 aromatic rings. The maximum Gasteiger partial charge on any atom is 0.274 e. The molecule has 0 aliphatic rings. The van der Waals surface area contributed by atoms with E-state index in [1.165, 1.54) is 24.4 Å². The van der Waals surface area contributed by atoms with Gasteiger partial charge in [-0.15, -0.1) is 0 Å². The highest BCUT2D eigenvalue weighted by molar-refractivity contribution is 9.10. The lowest BCUT2D eigenvalue weighted by Gasteiger charge is -2.07. The number of pyridine rings is 1. The van der Waals surface area contributed by atoms with Crippen LogP contribution in [0.5, 0.6) is 0 Å². The van der Waals surface area contributed by atoms with E-state index in [4.69, 9.17) is 18.0 Å². The Hall–Kier alpha value is -1.86. The van der Waals surface area contributed by atoms with Crippen molar-refractivity contribution < 1.29 is 9.18 Å². The van der Waals surface area contributed by atoms with Crippen LogP contribution in [0.1, 0.15) is 16.1 Å². The molecule has 0 radical (unpaired) electrons. The molecular formula is C13H9BrFN3OS. The van der Waals surface area contributed by atoms with Gasteiger partial charge in [-0.1, -0.05) is 12.2 Å². The van der Waals surface area contributed by atoms with Crippen molar-refractivity contribution in [3.05, 3.63) is 58.1 Å². The zero-order valence-electron chi connectivity index (χ0n) is 10.1. The first kappa shape index (κ1) is 14.5.